The predicted molar refractivity (Wildman–Crippen MR) is 77.7 cm³/mol. The molecule has 2 aromatic rings. The molecule has 23 heavy (non-hydrogen) atoms. The number of nitrogens with two attached hydrogens (primary N) is 2. The zero-order chi connectivity index (χ0) is 16.4. The van der Waals surface area contributed by atoms with Crippen LogP contribution in [0.25, 0.3) is 11.2 Å². The minimum atomic E-state index is -1.19. The van der Waals surface area contributed by atoms with E-state index in [1.54, 1.807) is 24.7 Å². The van der Waals surface area contributed by atoms with E-state index in [1.807, 2.05) is 0 Å². The van der Waals surface area contributed by atoms with Gasteiger partial charge in [0.2, 0.25) is 0 Å². The highest BCUT2D eigenvalue weighted by atomic mass is 16.8. The average molecular weight is 322 g/mol. The van der Waals surface area contributed by atoms with Crippen LogP contribution in [0.2, 0.25) is 0 Å². The van der Waals surface area contributed by atoms with E-state index >= 15 is 0 Å². The minimum Gasteiger partial charge on any atom is -0.382 e. The van der Waals surface area contributed by atoms with Crippen LogP contribution in [0.3, 0.4) is 0 Å². The fraction of sp³-hybridized carbons (Fsp3) is 0.615. The van der Waals surface area contributed by atoms with Crippen molar-refractivity contribution in [3.8, 4) is 0 Å². The van der Waals surface area contributed by atoms with Gasteiger partial charge in [0.25, 0.3) is 0 Å². The van der Waals surface area contributed by atoms with Crippen molar-refractivity contribution in [2.45, 2.75) is 50.4 Å². The maximum absolute atomic E-state index is 9.79. The number of ether oxygens (including phenoxy) is 3. The van der Waals surface area contributed by atoms with Crippen LogP contribution in [0.1, 0.15) is 20.1 Å². The number of nitrogens with zero attached hydrogens (tertiary/aromatic N) is 4. The van der Waals surface area contributed by atoms with Gasteiger partial charge in [-0.3, -0.25) is 4.57 Å². The molecule has 5 atom stereocenters. The lowest BCUT2D eigenvalue weighted by Crippen LogP contribution is -2.43. The Balaban J connectivity index is 1.77. The van der Waals surface area contributed by atoms with Gasteiger partial charge in [-0.15, -0.1) is 0 Å². The van der Waals surface area contributed by atoms with Gasteiger partial charge in [0.05, 0.1) is 6.33 Å². The standard InChI is InChI=1S/C13H18N6O4/c1-13(2)22-6-7(10(15)20)21-12(8(6)23-13)19-4-18-5-9(14)16-3-17-11(5)19/h3-4,6-8,10,12,20H,15H2,1-2H3,(H2,14,16,17)/t6-,7+,8-,10?,12-/m1/s1. The first kappa shape index (κ1) is 14.7. The third kappa shape index (κ3) is 2.18. The van der Waals surface area contributed by atoms with Gasteiger partial charge in [-0.1, -0.05) is 0 Å². The van der Waals surface area contributed by atoms with Crippen LogP contribution in [-0.2, 0) is 14.2 Å². The van der Waals surface area contributed by atoms with Crippen LogP contribution in [0.4, 0.5) is 5.82 Å². The summed E-state index contributed by atoms with van der Waals surface area (Å²) in [6.45, 7) is 3.60. The van der Waals surface area contributed by atoms with E-state index in [0.29, 0.717) is 11.2 Å². The number of imidazole rings is 1. The van der Waals surface area contributed by atoms with E-state index in [0.717, 1.165) is 0 Å². The molecule has 5 N–H and O–H groups in total. The molecule has 0 aromatic carbocycles. The van der Waals surface area contributed by atoms with Crippen molar-refractivity contribution in [3.05, 3.63) is 12.7 Å². The molecular formula is C13H18N6O4. The summed E-state index contributed by atoms with van der Waals surface area (Å²) in [6, 6.07) is 0. The number of anilines is 1. The molecule has 0 amide bonds. The van der Waals surface area contributed by atoms with Gasteiger partial charge in [0, 0.05) is 0 Å². The van der Waals surface area contributed by atoms with Crippen LogP contribution < -0.4 is 11.5 Å². The van der Waals surface area contributed by atoms with Gasteiger partial charge in [0.15, 0.2) is 23.5 Å². The van der Waals surface area contributed by atoms with Gasteiger partial charge in [-0.2, -0.15) is 0 Å². The summed E-state index contributed by atoms with van der Waals surface area (Å²) < 4.78 is 19.3. The molecule has 2 fully saturated rings. The van der Waals surface area contributed by atoms with Crippen molar-refractivity contribution in [2.75, 3.05) is 5.73 Å². The Morgan fingerprint density at radius 2 is 2.00 bits per heavy atom. The summed E-state index contributed by atoms with van der Waals surface area (Å²) in [5.74, 6) is -0.517. The Morgan fingerprint density at radius 1 is 1.26 bits per heavy atom. The van der Waals surface area contributed by atoms with Crippen LogP contribution >= 0.6 is 0 Å². The Hall–Kier alpha value is -1.85. The number of aliphatic hydroxyl groups excluding tert-OH is 1. The summed E-state index contributed by atoms with van der Waals surface area (Å²) in [7, 11) is 0. The smallest absolute Gasteiger partial charge is 0.167 e. The lowest BCUT2D eigenvalue weighted by atomic mass is 10.1. The lowest BCUT2D eigenvalue weighted by Gasteiger charge is -2.25. The zero-order valence-electron chi connectivity index (χ0n) is 12.7. The van der Waals surface area contributed by atoms with E-state index in [-0.39, 0.29) is 5.82 Å². The number of hydrogen-bond acceptors (Lipinski definition) is 9. The largest absolute Gasteiger partial charge is 0.382 e. The highest BCUT2D eigenvalue weighted by Crippen LogP contribution is 2.44. The molecule has 4 heterocycles. The van der Waals surface area contributed by atoms with Crippen LogP contribution in [0.15, 0.2) is 12.7 Å². The molecular weight excluding hydrogens is 304 g/mol. The Morgan fingerprint density at radius 3 is 2.74 bits per heavy atom. The van der Waals surface area contributed by atoms with Gasteiger partial charge in [-0.25, -0.2) is 15.0 Å². The molecule has 0 saturated carbocycles. The van der Waals surface area contributed by atoms with Crippen molar-refractivity contribution in [3.63, 3.8) is 0 Å². The van der Waals surface area contributed by atoms with Crippen LogP contribution in [-0.4, -0.2) is 55.0 Å². The van der Waals surface area contributed by atoms with Crippen LogP contribution in [0.5, 0.6) is 0 Å². The highest BCUT2D eigenvalue weighted by molar-refractivity contribution is 5.81. The third-order valence-electron chi connectivity index (χ3n) is 4.06. The minimum absolute atomic E-state index is 0.280. The average Bonchev–Trinajstić information content (AvgIpc) is 3.09. The molecule has 10 nitrogen and oxygen atoms in total. The van der Waals surface area contributed by atoms with Crippen LogP contribution in [0, 0.1) is 0 Å². The first-order valence-corrected chi connectivity index (χ1v) is 7.25. The molecule has 1 unspecified atom stereocenters. The molecule has 0 aliphatic carbocycles. The summed E-state index contributed by atoms with van der Waals surface area (Å²) in [4.78, 5) is 12.3. The van der Waals surface area contributed by atoms with E-state index in [4.69, 9.17) is 25.7 Å². The number of aliphatic hydroxyl groups is 1. The second-order valence-electron chi connectivity index (χ2n) is 6.13. The predicted octanol–water partition coefficient (Wildman–Crippen LogP) is -0.897. The van der Waals surface area contributed by atoms with Crippen molar-refractivity contribution < 1.29 is 19.3 Å². The van der Waals surface area contributed by atoms with Crippen molar-refractivity contribution in [1.82, 2.24) is 19.5 Å². The van der Waals surface area contributed by atoms with E-state index in [2.05, 4.69) is 15.0 Å². The summed E-state index contributed by atoms with van der Waals surface area (Å²) in [5.41, 5.74) is 12.4. The van der Waals surface area contributed by atoms with Gasteiger partial charge in [0.1, 0.15) is 36.4 Å². The van der Waals surface area contributed by atoms with E-state index < -0.39 is 36.6 Å². The normalized spacial score (nSPS) is 33.9. The molecule has 0 spiro atoms. The second-order valence-corrected chi connectivity index (χ2v) is 6.13. The number of rotatable bonds is 2. The number of aromatic nitrogens is 4. The quantitative estimate of drug-likeness (QED) is 0.599. The number of fused-ring (bicyclic) bond motifs is 2. The van der Waals surface area contributed by atoms with Gasteiger partial charge >= 0.3 is 0 Å². The number of hydrogen-bond donors (Lipinski definition) is 3. The van der Waals surface area contributed by atoms with Gasteiger partial charge in [-0.05, 0) is 13.8 Å². The van der Waals surface area contributed by atoms with E-state index in [1.165, 1.54) is 6.33 Å². The summed E-state index contributed by atoms with van der Waals surface area (Å²) in [6.07, 6.45) is -0.550. The Bertz CT molecular complexity index is 747. The zero-order valence-corrected chi connectivity index (χ0v) is 12.7. The van der Waals surface area contributed by atoms with Gasteiger partial charge < -0.3 is 30.8 Å². The fourth-order valence-corrected chi connectivity index (χ4v) is 3.16. The molecule has 124 valence electrons. The summed E-state index contributed by atoms with van der Waals surface area (Å²) in [5, 5.41) is 9.79. The summed E-state index contributed by atoms with van der Waals surface area (Å²) >= 11 is 0. The maximum Gasteiger partial charge on any atom is 0.167 e. The Labute approximate surface area is 131 Å². The first-order chi connectivity index (χ1) is 10.9. The fourth-order valence-electron chi connectivity index (χ4n) is 3.16. The SMILES string of the molecule is CC1(C)O[C@@H]2[C@H](O1)[C@@H](C(N)O)O[C@H]2n1cnc2c(N)ncnc21. The topological polar surface area (TPSA) is 144 Å². The molecule has 10 heteroatoms. The molecule has 2 aliphatic rings. The molecule has 2 aliphatic heterocycles. The Kier molecular flexibility index (Phi) is 3.09. The first-order valence-electron chi connectivity index (χ1n) is 7.25. The third-order valence-corrected chi connectivity index (χ3v) is 4.06. The van der Waals surface area contributed by atoms with E-state index in [9.17, 15) is 5.11 Å². The molecule has 0 bridgehead atoms. The molecule has 0 radical (unpaired) electrons. The van der Waals surface area contributed by atoms with Crippen molar-refractivity contribution in [1.29, 1.82) is 0 Å². The second kappa shape index (κ2) is 4.82. The maximum atomic E-state index is 9.79. The van der Waals surface area contributed by atoms with Crippen molar-refractivity contribution >= 4 is 17.0 Å². The monoisotopic (exact) mass is 322 g/mol. The molecule has 4 rings (SSSR count). The highest BCUT2D eigenvalue weighted by Gasteiger charge is 2.57. The molecule has 2 saturated heterocycles. The lowest BCUT2D eigenvalue weighted by molar-refractivity contribution is -0.206. The number of nitrogen functional groups attached to an aromatic ring is 1. The van der Waals surface area contributed by atoms with Crippen molar-refractivity contribution in [2.24, 2.45) is 5.73 Å². The molecule has 2 aromatic heterocycles.